The number of benzene rings is 2. The first-order chi connectivity index (χ1) is 16.2. The standard InChI is InChI=1S/C25H27FN4O3/c26-24-18-9-10-27-20(18)7-8-22(24)33-16-23-28-21-15-17(5-6-19(21)25(31)29-23)32-14-4-13-30-11-2-1-3-12-30/h5-10,15,27H,1-4,11-14,16H2,(H,28,29,31). The summed E-state index contributed by atoms with van der Waals surface area (Å²) in [5, 5.41) is 11.3. The van der Waals surface area contributed by atoms with Crippen molar-refractivity contribution in [1.29, 1.82) is 0 Å². The Morgan fingerprint density at radius 1 is 1.00 bits per heavy atom. The molecule has 0 saturated carbocycles. The maximum atomic E-state index is 14.6. The second-order valence-electron chi connectivity index (χ2n) is 8.35. The van der Waals surface area contributed by atoms with Gasteiger partial charge in [0.05, 0.1) is 17.5 Å². The maximum absolute atomic E-state index is 14.6. The number of aromatic amines is 1. The molecule has 7 nitrogen and oxygen atoms in total. The number of nitrogens with one attached hydrogen (secondary N) is 1. The molecule has 8 heteroatoms. The van der Waals surface area contributed by atoms with Gasteiger partial charge in [0, 0.05) is 29.7 Å². The molecule has 0 amide bonds. The van der Waals surface area contributed by atoms with Crippen LogP contribution in [0.25, 0.3) is 21.8 Å². The largest absolute Gasteiger partial charge is 0.493 e. The van der Waals surface area contributed by atoms with Crippen LogP contribution in [0.4, 0.5) is 4.39 Å². The SMILES string of the molecule is Oc1nc(COc2ccc3[nH]ccc3c2F)nc2cc(OCCCN3CCCCC3)ccc12. The number of hydrogen-bond donors (Lipinski definition) is 2. The number of fused-ring (bicyclic) bond motifs is 2. The topological polar surface area (TPSA) is 83.5 Å². The molecule has 0 radical (unpaired) electrons. The molecule has 0 spiro atoms. The molecule has 2 aromatic carbocycles. The predicted molar refractivity (Wildman–Crippen MR) is 124 cm³/mol. The van der Waals surface area contributed by atoms with Gasteiger partial charge in [-0.05, 0) is 62.7 Å². The van der Waals surface area contributed by atoms with Crippen LogP contribution >= 0.6 is 0 Å². The van der Waals surface area contributed by atoms with E-state index in [9.17, 15) is 9.50 Å². The number of rotatable bonds is 8. The minimum absolute atomic E-state index is 0.0722. The molecule has 1 saturated heterocycles. The Balaban J connectivity index is 1.24. The summed E-state index contributed by atoms with van der Waals surface area (Å²) >= 11 is 0. The van der Waals surface area contributed by atoms with Crippen molar-refractivity contribution in [2.45, 2.75) is 32.3 Å². The lowest BCUT2D eigenvalue weighted by Gasteiger charge is -2.26. The molecule has 2 aromatic heterocycles. The van der Waals surface area contributed by atoms with E-state index in [1.165, 1.54) is 32.4 Å². The van der Waals surface area contributed by atoms with E-state index in [4.69, 9.17) is 9.47 Å². The van der Waals surface area contributed by atoms with E-state index < -0.39 is 5.82 Å². The molecule has 1 aliphatic heterocycles. The van der Waals surface area contributed by atoms with E-state index >= 15 is 0 Å². The van der Waals surface area contributed by atoms with Crippen molar-refractivity contribution in [2.24, 2.45) is 0 Å². The Hall–Kier alpha value is -3.39. The van der Waals surface area contributed by atoms with Gasteiger partial charge in [-0.2, -0.15) is 4.98 Å². The van der Waals surface area contributed by atoms with Crippen LogP contribution in [0.2, 0.25) is 0 Å². The predicted octanol–water partition coefficient (Wildman–Crippen LogP) is 4.79. The molecule has 4 aromatic rings. The van der Waals surface area contributed by atoms with Crippen LogP contribution in [0.3, 0.4) is 0 Å². The number of nitrogens with zero attached hydrogens (tertiary/aromatic N) is 3. The Labute approximate surface area is 191 Å². The third kappa shape index (κ3) is 4.85. The number of piperidine rings is 1. The molecule has 0 atom stereocenters. The zero-order valence-corrected chi connectivity index (χ0v) is 18.4. The van der Waals surface area contributed by atoms with Gasteiger partial charge < -0.3 is 24.5 Å². The lowest BCUT2D eigenvalue weighted by molar-refractivity contribution is 0.205. The van der Waals surface area contributed by atoms with Crippen LogP contribution in [0.5, 0.6) is 17.4 Å². The molecule has 2 N–H and O–H groups in total. The van der Waals surface area contributed by atoms with Crippen LogP contribution in [0.1, 0.15) is 31.5 Å². The lowest BCUT2D eigenvalue weighted by atomic mass is 10.1. The van der Waals surface area contributed by atoms with E-state index in [0.717, 1.165) is 13.0 Å². The summed E-state index contributed by atoms with van der Waals surface area (Å²) in [5.41, 5.74) is 1.25. The third-order valence-corrected chi connectivity index (χ3v) is 6.02. The number of ether oxygens (including phenoxy) is 2. The van der Waals surface area contributed by atoms with Crippen LogP contribution in [0.15, 0.2) is 42.6 Å². The summed E-state index contributed by atoms with van der Waals surface area (Å²) in [4.78, 5) is 14.0. The van der Waals surface area contributed by atoms with E-state index in [1.54, 1.807) is 36.5 Å². The van der Waals surface area contributed by atoms with Gasteiger partial charge in [0.1, 0.15) is 12.4 Å². The Morgan fingerprint density at radius 2 is 1.88 bits per heavy atom. The highest BCUT2D eigenvalue weighted by Gasteiger charge is 2.13. The van der Waals surface area contributed by atoms with Gasteiger partial charge in [0.2, 0.25) is 5.88 Å². The van der Waals surface area contributed by atoms with Crippen LogP contribution in [-0.2, 0) is 6.61 Å². The number of likely N-dealkylation sites (tertiary alicyclic amines) is 1. The van der Waals surface area contributed by atoms with Gasteiger partial charge >= 0.3 is 0 Å². The molecule has 1 aliphatic rings. The zero-order chi connectivity index (χ0) is 22.6. The van der Waals surface area contributed by atoms with E-state index in [2.05, 4.69) is 19.9 Å². The molecular formula is C25H27FN4O3. The zero-order valence-electron chi connectivity index (χ0n) is 18.4. The third-order valence-electron chi connectivity index (χ3n) is 6.02. The summed E-state index contributed by atoms with van der Waals surface area (Å²) in [6.07, 6.45) is 6.55. The normalized spacial score (nSPS) is 14.7. The number of aromatic nitrogens is 3. The van der Waals surface area contributed by atoms with Crippen molar-refractivity contribution in [3.05, 3.63) is 54.2 Å². The Kier molecular flexibility index (Phi) is 6.26. The first kappa shape index (κ1) is 21.5. The first-order valence-electron chi connectivity index (χ1n) is 11.4. The molecule has 0 aliphatic carbocycles. The van der Waals surface area contributed by atoms with Crippen molar-refractivity contribution in [3.63, 3.8) is 0 Å². The van der Waals surface area contributed by atoms with Gasteiger partial charge in [-0.25, -0.2) is 9.37 Å². The fourth-order valence-electron chi connectivity index (χ4n) is 4.29. The monoisotopic (exact) mass is 450 g/mol. The maximum Gasteiger partial charge on any atom is 0.222 e. The van der Waals surface area contributed by atoms with E-state index in [0.29, 0.717) is 34.2 Å². The smallest absolute Gasteiger partial charge is 0.222 e. The van der Waals surface area contributed by atoms with Gasteiger partial charge in [-0.15, -0.1) is 0 Å². The van der Waals surface area contributed by atoms with Gasteiger partial charge in [0.25, 0.3) is 0 Å². The molecule has 0 bridgehead atoms. The van der Waals surface area contributed by atoms with Crippen molar-refractivity contribution >= 4 is 21.8 Å². The fourth-order valence-corrected chi connectivity index (χ4v) is 4.29. The summed E-state index contributed by atoms with van der Waals surface area (Å²) in [7, 11) is 0. The minimum atomic E-state index is -0.445. The molecule has 33 heavy (non-hydrogen) atoms. The van der Waals surface area contributed by atoms with Gasteiger partial charge in [-0.3, -0.25) is 0 Å². The average molecular weight is 451 g/mol. The summed E-state index contributed by atoms with van der Waals surface area (Å²) in [5.74, 6) is 0.470. The van der Waals surface area contributed by atoms with Gasteiger partial charge in [-0.1, -0.05) is 6.42 Å². The van der Waals surface area contributed by atoms with Gasteiger partial charge in [0.15, 0.2) is 17.4 Å². The average Bonchev–Trinajstić information content (AvgIpc) is 3.32. The second kappa shape index (κ2) is 9.62. The molecule has 5 rings (SSSR count). The fraction of sp³-hybridized carbons (Fsp3) is 0.360. The van der Waals surface area contributed by atoms with E-state index in [1.807, 2.05) is 6.07 Å². The number of aromatic hydroxyl groups is 1. The summed E-state index contributed by atoms with van der Waals surface area (Å²) < 4.78 is 26.1. The number of halogens is 1. The second-order valence-corrected chi connectivity index (χ2v) is 8.35. The highest BCUT2D eigenvalue weighted by Crippen LogP contribution is 2.28. The molecule has 0 unspecified atom stereocenters. The van der Waals surface area contributed by atoms with E-state index in [-0.39, 0.29) is 24.1 Å². The number of H-pyrrole nitrogens is 1. The van der Waals surface area contributed by atoms with Crippen LogP contribution in [0, 0.1) is 5.82 Å². The molecule has 3 heterocycles. The van der Waals surface area contributed by atoms with Crippen molar-refractivity contribution in [1.82, 2.24) is 19.9 Å². The van der Waals surface area contributed by atoms with Crippen molar-refractivity contribution in [2.75, 3.05) is 26.2 Å². The molecule has 172 valence electrons. The van der Waals surface area contributed by atoms with Crippen LogP contribution < -0.4 is 9.47 Å². The Morgan fingerprint density at radius 3 is 2.76 bits per heavy atom. The minimum Gasteiger partial charge on any atom is -0.493 e. The molecule has 1 fully saturated rings. The first-order valence-corrected chi connectivity index (χ1v) is 11.4. The van der Waals surface area contributed by atoms with Crippen molar-refractivity contribution < 1.29 is 19.0 Å². The summed E-state index contributed by atoms with van der Waals surface area (Å²) in [6.45, 7) is 3.95. The Bertz CT molecular complexity index is 1250. The lowest BCUT2D eigenvalue weighted by Crippen LogP contribution is -2.31. The van der Waals surface area contributed by atoms with Crippen LogP contribution in [-0.4, -0.2) is 51.2 Å². The highest BCUT2D eigenvalue weighted by atomic mass is 19.1. The highest BCUT2D eigenvalue weighted by molar-refractivity contribution is 5.84. The van der Waals surface area contributed by atoms with Crippen molar-refractivity contribution in [3.8, 4) is 17.4 Å². The summed E-state index contributed by atoms with van der Waals surface area (Å²) in [6, 6.07) is 10.3. The molecular weight excluding hydrogens is 423 g/mol. The number of hydrogen-bond acceptors (Lipinski definition) is 6. The quantitative estimate of drug-likeness (QED) is 0.376.